The summed E-state index contributed by atoms with van der Waals surface area (Å²) in [5, 5.41) is 14.5. The lowest BCUT2D eigenvalue weighted by Crippen LogP contribution is -2.35. The fraction of sp³-hybridized carbons (Fsp3) is 0.500. The summed E-state index contributed by atoms with van der Waals surface area (Å²) in [6.45, 7) is 7.06. The van der Waals surface area contributed by atoms with Crippen LogP contribution in [0.2, 0.25) is 0 Å². The third-order valence-corrected chi connectivity index (χ3v) is 4.62. The number of nitrogens with zero attached hydrogens (tertiary/aromatic N) is 3. The zero-order valence-corrected chi connectivity index (χ0v) is 16.0. The molecule has 2 atom stereocenters. The van der Waals surface area contributed by atoms with Crippen LogP contribution < -0.4 is 5.32 Å². The van der Waals surface area contributed by atoms with Crippen LogP contribution in [0.1, 0.15) is 38.8 Å². The summed E-state index contributed by atoms with van der Waals surface area (Å²) >= 11 is 0. The number of anilines is 1. The first-order chi connectivity index (χ1) is 12.9. The van der Waals surface area contributed by atoms with Crippen LogP contribution in [0.15, 0.2) is 30.3 Å². The van der Waals surface area contributed by atoms with E-state index in [0.29, 0.717) is 23.3 Å². The molecular weight excluding hydrogens is 344 g/mol. The molecule has 1 aliphatic heterocycles. The van der Waals surface area contributed by atoms with E-state index in [0.717, 1.165) is 37.4 Å². The summed E-state index contributed by atoms with van der Waals surface area (Å²) in [5.41, 5.74) is 1.49. The van der Waals surface area contributed by atoms with Crippen LogP contribution >= 0.6 is 0 Å². The third-order valence-electron chi connectivity index (χ3n) is 4.62. The Morgan fingerprint density at radius 2 is 2.15 bits per heavy atom. The normalized spacial score (nSPS) is 19.9. The number of nitro benzene ring substituents is 1. The van der Waals surface area contributed by atoms with E-state index in [1.54, 1.807) is 12.1 Å². The van der Waals surface area contributed by atoms with Gasteiger partial charge in [0.25, 0.3) is 5.69 Å². The van der Waals surface area contributed by atoms with Crippen molar-refractivity contribution in [1.82, 2.24) is 9.97 Å². The van der Waals surface area contributed by atoms with Gasteiger partial charge in [0.1, 0.15) is 5.82 Å². The molecule has 27 heavy (non-hydrogen) atoms. The lowest BCUT2D eigenvalue weighted by Gasteiger charge is -2.31. The monoisotopic (exact) mass is 370 g/mol. The Bertz CT molecular complexity index is 810. The van der Waals surface area contributed by atoms with Gasteiger partial charge in [-0.15, -0.1) is 0 Å². The van der Waals surface area contributed by atoms with Crippen LogP contribution in [0.5, 0.6) is 0 Å². The van der Waals surface area contributed by atoms with Gasteiger partial charge in [0, 0.05) is 42.1 Å². The molecule has 1 saturated heterocycles. The molecule has 0 spiro atoms. The first-order valence-corrected chi connectivity index (χ1v) is 9.39. The molecule has 1 aromatic carbocycles. The molecule has 0 radical (unpaired) electrons. The molecule has 0 aliphatic carbocycles. The van der Waals surface area contributed by atoms with E-state index in [9.17, 15) is 10.1 Å². The van der Waals surface area contributed by atoms with Gasteiger partial charge in [-0.3, -0.25) is 10.1 Å². The second-order valence-corrected chi connectivity index (χ2v) is 7.51. The second-order valence-electron chi connectivity index (χ2n) is 7.51. The van der Waals surface area contributed by atoms with Gasteiger partial charge in [0.2, 0.25) is 0 Å². The molecule has 0 unspecified atom stereocenters. The molecule has 7 nitrogen and oxygen atoms in total. The number of ether oxygens (including phenoxy) is 1. The van der Waals surface area contributed by atoms with Gasteiger partial charge in [0.05, 0.1) is 11.0 Å². The number of nitrogens with one attached hydrogen (secondary N) is 1. The zero-order valence-electron chi connectivity index (χ0n) is 16.0. The summed E-state index contributed by atoms with van der Waals surface area (Å²) in [6, 6.07) is 8.63. The molecule has 0 amide bonds. The SMILES string of the molecule is Cc1cc(N[C@H]2CCO[C@@H](CC(C)C)C2)nc(-c2cccc([N+](=O)[O-])c2)n1. The van der Waals surface area contributed by atoms with Gasteiger partial charge in [-0.25, -0.2) is 9.97 Å². The Morgan fingerprint density at radius 1 is 1.33 bits per heavy atom. The zero-order chi connectivity index (χ0) is 19.4. The molecule has 3 rings (SSSR count). The molecule has 1 aliphatic rings. The number of non-ortho nitro benzene ring substituents is 1. The topological polar surface area (TPSA) is 90.2 Å². The Kier molecular flexibility index (Phi) is 6.01. The Morgan fingerprint density at radius 3 is 2.89 bits per heavy atom. The van der Waals surface area contributed by atoms with Crippen LogP contribution in [-0.4, -0.2) is 33.6 Å². The van der Waals surface area contributed by atoms with Crippen LogP contribution in [0.4, 0.5) is 11.5 Å². The Labute approximate surface area is 159 Å². The maximum absolute atomic E-state index is 11.0. The first kappa shape index (κ1) is 19.2. The summed E-state index contributed by atoms with van der Waals surface area (Å²) in [7, 11) is 0. The smallest absolute Gasteiger partial charge is 0.270 e. The molecule has 1 fully saturated rings. The summed E-state index contributed by atoms with van der Waals surface area (Å²) in [5.74, 6) is 1.85. The molecular formula is C20H26N4O3. The summed E-state index contributed by atoms with van der Waals surface area (Å²) in [4.78, 5) is 19.7. The van der Waals surface area contributed by atoms with Gasteiger partial charge in [-0.1, -0.05) is 26.0 Å². The molecule has 0 bridgehead atoms. The predicted molar refractivity (Wildman–Crippen MR) is 105 cm³/mol. The quantitative estimate of drug-likeness (QED) is 0.600. The fourth-order valence-corrected chi connectivity index (χ4v) is 3.44. The van der Waals surface area contributed by atoms with Crippen LogP contribution in [0, 0.1) is 23.0 Å². The fourth-order valence-electron chi connectivity index (χ4n) is 3.44. The molecule has 2 heterocycles. The Balaban J connectivity index is 1.77. The van der Waals surface area contributed by atoms with Gasteiger partial charge in [0.15, 0.2) is 5.82 Å². The molecule has 0 saturated carbocycles. The minimum Gasteiger partial charge on any atom is -0.378 e. The van der Waals surface area contributed by atoms with Crippen molar-refractivity contribution in [3.8, 4) is 11.4 Å². The highest BCUT2D eigenvalue weighted by Gasteiger charge is 2.23. The second kappa shape index (κ2) is 8.43. The number of aromatic nitrogens is 2. The van der Waals surface area contributed by atoms with Crippen LogP contribution in [-0.2, 0) is 4.74 Å². The van der Waals surface area contributed by atoms with E-state index in [-0.39, 0.29) is 11.8 Å². The van der Waals surface area contributed by atoms with Crippen molar-refractivity contribution in [2.75, 3.05) is 11.9 Å². The van der Waals surface area contributed by atoms with Gasteiger partial charge in [-0.2, -0.15) is 0 Å². The maximum Gasteiger partial charge on any atom is 0.270 e. The predicted octanol–water partition coefficient (Wildman–Crippen LogP) is 4.37. The van der Waals surface area contributed by atoms with Crippen molar-refractivity contribution in [3.63, 3.8) is 0 Å². The molecule has 1 N–H and O–H groups in total. The summed E-state index contributed by atoms with van der Waals surface area (Å²) < 4.78 is 5.87. The van der Waals surface area contributed by atoms with Crippen molar-refractivity contribution in [2.45, 2.75) is 52.2 Å². The van der Waals surface area contributed by atoms with Crippen molar-refractivity contribution in [2.24, 2.45) is 5.92 Å². The van der Waals surface area contributed by atoms with Crippen molar-refractivity contribution >= 4 is 11.5 Å². The van der Waals surface area contributed by atoms with E-state index < -0.39 is 4.92 Å². The van der Waals surface area contributed by atoms with E-state index in [2.05, 4.69) is 29.1 Å². The highest BCUT2D eigenvalue weighted by atomic mass is 16.6. The number of hydrogen-bond donors (Lipinski definition) is 1. The first-order valence-electron chi connectivity index (χ1n) is 9.39. The highest BCUT2D eigenvalue weighted by molar-refractivity contribution is 5.61. The van der Waals surface area contributed by atoms with Crippen LogP contribution in [0.3, 0.4) is 0 Å². The average Bonchev–Trinajstić information content (AvgIpc) is 2.61. The number of rotatable bonds is 6. The number of hydrogen-bond acceptors (Lipinski definition) is 6. The lowest BCUT2D eigenvalue weighted by molar-refractivity contribution is -0.384. The lowest BCUT2D eigenvalue weighted by atomic mass is 9.96. The summed E-state index contributed by atoms with van der Waals surface area (Å²) in [6.07, 6.45) is 3.22. The van der Waals surface area contributed by atoms with Crippen molar-refractivity contribution in [1.29, 1.82) is 0 Å². The van der Waals surface area contributed by atoms with Crippen LogP contribution in [0.25, 0.3) is 11.4 Å². The van der Waals surface area contributed by atoms with Gasteiger partial charge in [-0.05, 0) is 32.1 Å². The standard InChI is InChI=1S/C20H26N4O3/c1-13(2)9-18-12-16(7-8-27-18)22-19-10-14(3)21-20(23-19)15-5-4-6-17(11-15)24(25)26/h4-6,10-11,13,16,18H,7-9,12H2,1-3H3,(H,21,22,23)/t16-,18-/m0/s1. The molecule has 7 heteroatoms. The minimum atomic E-state index is -0.407. The number of aryl methyl sites for hydroxylation is 1. The van der Waals surface area contributed by atoms with Crippen molar-refractivity contribution < 1.29 is 9.66 Å². The molecule has 1 aromatic heterocycles. The average molecular weight is 370 g/mol. The molecule has 144 valence electrons. The van der Waals surface area contributed by atoms with Crippen molar-refractivity contribution in [3.05, 3.63) is 46.1 Å². The van der Waals surface area contributed by atoms with E-state index in [1.165, 1.54) is 12.1 Å². The molecule has 2 aromatic rings. The number of nitro groups is 1. The highest BCUT2D eigenvalue weighted by Crippen LogP contribution is 2.25. The largest absolute Gasteiger partial charge is 0.378 e. The van der Waals surface area contributed by atoms with E-state index >= 15 is 0 Å². The van der Waals surface area contributed by atoms with E-state index in [4.69, 9.17) is 4.74 Å². The Hall–Kier alpha value is -2.54. The number of benzene rings is 1. The third kappa shape index (κ3) is 5.23. The van der Waals surface area contributed by atoms with E-state index in [1.807, 2.05) is 13.0 Å². The van der Waals surface area contributed by atoms with Gasteiger partial charge >= 0.3 is 0 Å². The minimum absolute atomic E-state index is 0.0353. The maximum atomic E-state index is 11.0. The van der Waals surface area contributed by atoms with Gasteiger partial charge < -0.3 is 10.1 Å².